The summed E-state index contributed by atoms with van der Waals surface area (Å²) < 4.78 is 5.67. The van der Waals surface area contributed by atoms with Gasteiger partial charge in [0.05, 0.1) is 17.0 Å². The Morgan fingerprint density at radius 3 is 2.52 bits per heavy atom. The van der Waals surface area contributed by atoms with Gasteiger partial charge in [-0.25, -0.2) is 4.98 Å². The van der Waals surface area contributed by atoms with E-state index in [0.717, 1.165) is 11.3 Å². The van der Waals surface area contributed by atoms with E-state index in [-0.39, 0.29) is 18.2 Å². The number of carbonyl (C=O) groups excluding carboxylic acids is 2. The van der Waals surface area contributed by atoms with Crippen LogP contribution in [-0.2, 0) is 16.0 Å². The Morgan fingerprint density at radius 2 is 1.85 bits per heavy atom. The molecule has 0 saturated heterocycles. The van der Waals surface area contributed by atoms with E-state index in [9.17, 15) is 9.59 Å². The summed E-state index contributed by atoms with van der Waals surface area (Å²) in [4.78, 5) is 29.5. The number of thiophene rings is 1. The van der Waals surface area contributed by atoms with Crippen LogP contribution in [0.5, 0.6) is 0 Å². The molecule has 0 atom stereocenters. The van der Waals surface area contributed by atoms with Gasteiger partial charge in [0, 0.05) is 17.8 Å². The summed E-state index contributed by atoms with van der Waals surface area (Å²) in [5, 5.41) is 7.61. The molecule has 0 fully saturated rings. The number of aromatic nitrogens is 1. The van der Waals surface area contributed by atoms with Crippen LogP contribution < -0.4 is 10.6 Å². The second-order valence-corrected chi connectivity index (χ2v) is 7.05. The largest absolute Gasteiger partial charge is 0.440 e. The first-order valence-corrected chi connectivity index (χ1v) is 9.63. The quantitative estimate of drug-likeness (QED) is 0.623. The number of benzene rings is 1. The number of anilines is 2. The Morgan fingerprint density at radius 1 is 1.11 bits per heavy atom. The summed E-state index contributed by atoms with van der Waals surface area (Å²) in [5.41, 5.74) is 1.89. The summed E-state index contributed by atoms with van der Waals surface area (Å²) in [6.07, 6.45) is 1.37. The number of nitrogens with one attached hydrogen (secondary N) is 2. The zero-order chi connectivity index (χ0) is 19.2. The minimum atomic E-state index is -0.193. The predicted molar refractivity (Wildman–Crippen MR) is 107 cm³/mol. The van der Waals surface area contributed by atoms with E-state index in [4.69, 9.17) is 4.42 Å². The van der Waals surface area contributed by atoms with Crippen LogP contribution in [0.3, 0.4) is 0 Å². The van der Waals surface area contributed by atoms with Crippen LogP contribution >= 0.6 is 11.3 Å². The monoisotopic (exact) mass is 383 g/mol. The summed E-state index contributed by atoms with van der Waals surface area (Å²) >= 11 is 1.54. The molecule has 0 radical (unpaired) electrons. The van der Waals surface area contributed by atoms with Crippen LogP contribution in [0.4, 0.5) is 11.4 Å². The molecule has 3 aromatic rings. The summed E-state index contributed by atoms with van der Waals surface area (Å²) in [7, 11) is 0. The fourth-order valence-corrected chi connectivity index (χ4v) is 3.23. The van der Waals surface area contributed by atoms with Crippen LogP contribution in [-0.4, -0.2) is 16.8 Å². The molecule has 1 aromatic carbocycles. The van der Waals surface area contributed by atoms with E-state index >= 15 is 0 Å². The van der Waals surface area contributed by atoms with Gasteiger partial charge < -0.3 is 15.1 Å². The molecule has 0 aliphatic heterocycles. The van der Waals surface area contributed by atoms with Gasteiger partial charge in [0.1, 0.15) is 5.76 Å². The first-order valence-electron chi connectivity index (χ1n) is 8.75. The molecule has 140 valence electrons. The van der Waals surface area contributed by atoms with E-state index in [0.29, 0.717) is 35.1 Å². The van der Waals surface area contributed by atoms with E-state index in [2.05, 4.69) is 15.6 Å². The van der Waals surface area contributed by atoms with E-state index in [1.807, 2.05) is 24.4 Å². The topological polar surface area (TPSA) is 84.2 Å². The highest BCUT2D eigenvalue weighted by Crippen LogP contribution is 2.26. The highest BCUT2D eigenvalue weighted by atomic mass is 32.1. The third kappa shape index (κ3) is 5.04. The second kappa shape index (κ2) is 8.64. The fraction of sp³-hybridized carbons (Fsp3) is 0.250. The Bertz CT molecular complexity index is 932. The zero-order valence-corrected chi connectivity index (χ0v) is 16.1. The lowest BCUT2D eigenvalue weighted by atomic mass is 10.2. The van der Waals surface area contributed by atoms with Crippen LogP contribution in [0, 0.1) is 6.92 Å². The molecule has 0 aliphatic rings. The molecule has 0 saturated carbocycles. The number of oxazole rings is 1. The van der Waals surface area contributed by atoms with Crippen molar-refractivity contribution in [3.05, 3.63) is 53.2 Å². The highest BCUT2D eigenvalue weighted by Gasteiger charge is 2.15. The van der Waals surface area contributed by atoms with Crippen LogP contribution in [0.1, 0.15) is 31.2 Å². The molecule has 6 nitrogen and oxygen atoms in total. The fourth-order valence-electron chi connectivity index (χ4n) is 2.58. The SMILES string of the molecule is CCCC(=O)Nc1cccc(NC(=O)Cc2nc(-c3cccs3)oc2C)c1. The van der Waals surface area contributed by atoms with Crippen LogP contribution in [0.2, 0.25) is 0 Å². The molecule has 2 amide bonds. The molecule has 0 aliphatic carbocycles. The zero-order valence-electron chi connectivity index (χ0n) is 15.2. The highest BCUT2D eigenvalue weighted by molar-refractivity contribution is 7.13. The molecule has 2 N–H and O–H groups in total. The van der Waals surface area contributed by atoms with Crippen molar-refractivity contribution in [3.8, 4) is 10.8 Å². The molecular formula is C20H21N3O3S. The summed E-state index contributed by atoms with van der Waals surface area (Å²) in [6, 6.07) is 10.9. The smallest absolute Gasteiger partial charge is 0.236 e. The number of rotatable bonds is 7. The van der Waals surface area contributed by atoms with Gasteiger partial charge in [0.15, 0.2) is 0 Å². The van der Waals surface area contributed by atoms with Gasteiger partial charge in [-0.3, -0.25) is 9.59 Å². The number of hydrogen-bond donors (Lipinski definition) is 2. The number of hydrogen-bond acceptors (Lipinski definition) is 5. The van der Waals surface area contributed by atoms with Gasteiger partial charge >= 0.3 is 0 Å². The maximum Gasteiger partial charge on any atom is 0.236 e. The van der Waals surface area contributed by atoms with Crippen molar-refractivity contribution in [2.75, 3.05) is 10.6 Å². The van der Waals surface area contributed by atoms with Crippen molar-refractivity contribution in [3.63, 3.8) is 0 Å². The normalized spacial score (nSPS) is 10.6. The van der Waals surface area contributed by atoms with Gasteiger partial charge in [-0.15, -0.1) is 11.3 Å². The average Bonchev–Trinajstić information content (AvgIpc) is 3.26. The second-order valence-electron chi connectivity index (χ2n) is 6.10. The summed E-state index contributed by atoms with van der Waals surface area (Å²) in [6.45, 7) is 3.75. The van der Waals surface area contributed by atoms with Gasteiger partial charge in [-0.05, 0) is 43.0 Å². The van der Waals surface area contributed by atoms with E-state index in [1.165, 1.54) is 11.3 Å². The van der Waals surface area contributed by atoms with Crippen molar-refractivity contribution >= 4 is 34.5 Å². The number of amides is 2. The van der Waals surface area contributed by atoms with Crippen molar-refractivity contribution in [2.24, 2.45) is 0 Å². The molecule has 7 heteroatoms. The van der Waals surface area contributed by atoms with Gasteiger partial charge in [0.2, 0.25) is 17.7 Å². The number of nitrogens with zero attached hydrogens (tertiary/aromatic N) is 1. The third-order valence-corrected chi connectivity index (χ3v) is 4.72. The van der Waals surface area contributed by atoms with E-state index in [1.54, 1.807) is 31.2 Å². The van der Waals surface area contributed by atoms with Crippen molar-refractivity contribution in [1.29, 1.82) is 0 Å². The maximum atomic E-state index is 12.4. The van der Waals surface area contributed by atoms with E-state index < -0.39 is 0 Å². The molecule has 0 bridgehead atoms. The van der Waals surface area contributed by atoms with Crippen molar-refractivity contribution in [2.45, 2.75) is 33.1 Å². The minimum absolute atomic E-state index is 0.0414. The number of carbonyl (C=O) groups is 2. The standard InChI is InChI=1S/C20H21N3O3S/c1-3-6-18(24)21-14-7-4-8-15(11-14)22-19(25)12-16-13(2)26-20(23-16)17-9-5-10-27-17/h4-5,7-11H,3,6,12H2,1-2H3,(H,21,24)(H,22,25). The Kier molecular flexibility index (Phi) is 6.03. The molecule has 0 unspecified atom stereocenters. The summed E-state index contributed by atoms with van der Waals surface area (Å²) in [5.74, 6) is 0.932. The third-order valence-electron chi connectivity index (χ3n) is 3.86. The first-order chi connectivity index (χ1) is 13.0. The van der Waals surface area contributed by atoms with Gasteiger partial charge in [0.25, 0.3) is 0 Å². The molecule has 2 aromatic heterocycles. The van der Waals surface area contributed by atoms with Crippen molar-refractivity contribution in [1.82, 2.24) is 4.98 Å². The first kappa shape index (κ1) is 18.8. The molecule has 27 heavy (non-hydrogen) atoms. The van der Waals surface area contributed by atoms with Gasteiger partial charge in [-0.1, -0.05) is 19.1 Å². The number of aryl methyl sites for hydroxylation is 1. The Hall–Kier alpha value is -2.93. The minimum Gasteiger partial charge on any atom is -0.440 e. The maximum absolute atomic E-state index is 12.4. The average molecular weight is 383 g/mol. The molecule has 3 rings (SSSR count). The Labute approximate surface area is 161 Å². The predicted octanol–water partition coefficient (Wildman–Crippen LogP) is 4.63. The molecular weight excluding hydrogens is 362 g/mol. The van der Waals surface area contributed by atoms with Crippen LogP contribution in [0.15, 0.2) is 46.2 Å². The van der Waals surface area contributed by atoms with Gasteiger partial charge in [-0.2, -0.15) is 0 Å². The molecule has 0 spiro atoms. The van der Waals surface area contributed by atoms with Crippen LogP contribution in [0.25, 0.3) is 10.8 Å². The lowest BCUT2D eigenvalue weighted by molar-refractivity contribution is -0.116. The lowest BCUT2D eigenvalue weighted by Gasteiger charge is -2.08. The Balaban J connectivity index is 1.64. The lowest BCUT2D eigenvalue weighted by Crippen LogP contribution is -2.16. The van der Waals surface area contributed by atoms with Crippen molar-refractivity contribution < 1.29 is 14.0 Å². The molecule has 2 heterocycles.